The van der Waals surface area contributed by atoms with E-state index < -0.39 is 0 Å². The standard InChI is InChI=1S/C18H25NO2/c1-2-3-7-10-18-14-19(11-15-8-5-4-6-9-15)12-16(18)13-21-17(18)20/h4-6,8-9,16H,2-3,7,10-14H2,1H3/t16-,18-/m0/s1. The van der Waals surface area contributed by atoms with Gasteiger partial charge in [0.15, 0.2) is 0 Å². The molecule has 2 saturated heterocycles. The van der Waals surface area contributed by atoms with Gasteiger partial charge in [-0.2, -0.15) is 0 Å². The van der Waals surface area contributed by atoms with Crippen LogP contribution in [0.15, 0.2) is 30.3 Å². The first-order valence-electron chi connectivity index (χ1n) is 8.18. The van der Waals surface area contributed by atoms with Gasteiger partial charge in [-0.25, -0.2) is 0 Å². The van der Waals surface area contributed by atoms with Crippen LogP contribution in [0.25, 0.3) is 0 Å². The number of carbonyl (C=O) groups excluding carboxylic acids is 1. The molecule has 0 aromatic heterocycles. The Bertz CT molecular complexity index is 487. The van der Waals surface area contributed by atoms with Crippen molar-refractivity contribution in [2.45, 2.75) is 39.2 Å². The largest absolute Gasteiger partial charge is 0.465 e. The highest BCUT2D eigenvalue weighted by Gasteiger charge is 2.56. The molecule has 21 heavy (non-hydrogen) atoms. The number of esters is 1. The Labute approximate surface area is 127 Å². The molecule has 2 heterocycles. The molecule has 2 fully saturated rings. The Kier molecular flexibility index (Phi) is 4.29. The summed E-state index contributed by atoms with van der Waals surface area (Å²) in [6, 6.07) is 10.5. The van der Waals surface area contributed by atoms with Gasteiger partial charge in [-0.1, -0.05) is 56.5 Å². The van der Waals surface area contributed by atoms with Crippen molar-refractivity contribution in [3.63, 3.8) is 0 Å². The van der Waals surface area contributed by atoms with Gasteiger partial charge >= 0.3 is 5.97 Å². The summed E-state index contributed by atoms with van der Waals surface area (Å²) in [5.41, 5.74) is 1.11. The lowest BCUT2D eigenvalue weighted by Crippen LogP contribution is -2.34. The molecule has 0 aliphatic carbocycles. The molecule has 114 valence electrons. The fourth-order valence-electron chi connectivity index (χ4n) is 3.88. The Morgan fingerprint density at radius 1 is 1.29 bits per heavy atom. The maximum Gasteiger partial charge on any atom is 0.313 e. The molecule has 2 aliphatic rings. The van der Waals surface area contributed by atoms with Crippen LogP contribution in [0.3, 0.4) is 0 Å². The van der Waals surface area contributed by atoms with Crippen molar-refractivity contribution in [1.29, 1.82) is 0 Å². The van der Waals surface area contributed by atoms with E-state index >= 15 is 0 Å². The number of rotatable bonds is 6. The number of ether oxygens (including phenoxy) is 1. The number of fused-ring (bicyclic) bond motifs is 1. The topological polar surface area (TPSA) is 29.5 Å². The molecule has 3 nitrogen and oxygen atoms in total. The molecule has 0 spiro atoms. The molecule has 2 atom stereocenters. The maximum absolute atomic E-state index is 12.3. The molecule has 0 saturated carbocycles. The summed E-state index contributed by atoms with van der Waals surface area (Å²) in [5, 5.41) is 0. The van der Waals surface area contributed by atoms with Gasteiger partial charge in [0, 0.05) is 25.6 Å². The van der Waals surface area contributed by atoms with Gasteiger partial charge in [0.05, 0.1) is 12.0 Å². The first kappa shape index (κ1) is 14.6. The number of benzene rings is 1. The lowest BCUT2D eigenvalue weighted by Gasteiger charge is -2.24. The second kappa shape index (κ2) is 6.18. The normalized spacial score (nSPS) is 28.6. The summed E-state index contributed by atoms with van der Waals surface area (Å²) in [4.78, 5) is 14.8. The quantitative estimate of drug-likeness (QED) is 0.594. The van der Waals surface area contributed by atoms with E-state index in [1.54, 1.807) is 0 Å². The molecule has 1 aromatic carbocycles. The van der Waals surface area contributed by atoms with Gasteiger partial charge in [0.1, 0.15) is 0 Å². The summed E-state index contributed by atoms with van der Waals surface area (Å²) in [7, 11) is 0. The number of hydrogen-bond donors (Lipinski definition) is 0. The number of likely N-dealkylation sites (tertiary alicyclic amines) is 1. The Hall–Kier alpha value is -1.35. The van der Waals surface area contributed by atoms with Gasteiger partial charge in [-0.05, 0) is 12.0 Å². The Morgan fingerprint density at radius 3 is 2.86 bits per heavy atom. The third-order valence-corrected chi connectivity index (χ3v) is 5.06. The number of unbranched alkanes of at least 4 members (excludes halogenated alkanes) is 2. The van der Waals surface area contributed by atoms with E-state index in [1.807, 2.05) is 6.07 Å². The molecule has 0 radical (unpaired) electrons. The van der Waals surface area contributed by atoms with E-state index in [4.69, 9.17) is 4.74 Å². The first-order chi connectivity index (χ1) is 10.2. The van der Waals surface area contributed by atoms with Crippen molar-refractivity contribution >= 4 is 5.97 Å². The molecule has 0 bridgehead atoms. The van der Waals surface area contributed by atoms with Crippen molar-refractivity contribution in [3.05, 3.63) is 35.9 Å². The van der Waals surface area contributed by atoms with Crippen LogP contribution in [-0.4, -0.2) is 30.6 Å². The van der Waals surface area contributed by atoms with Crippen LogP contribution in [-0.2, 0) is 16.1 Å². The monoisotopic (exact) mass is 287 g/mol. The van der Waals surface area contributed by atoms with Gasteiger partial charge in [-0.15, -0.1) is 0 Å². The number of cyclic esters (lactones) is 1. The average Bonchev–Trinajstić information content (AvgIpc) is 2.98. The summed E-state index contributed by atoms with van der Waals surface area (Å²) < 4.78 is 5.39. The van der Waals surface area contributed by atoms with E-state index in [1.165, 1.54) is 18.4 Å². The van der Waals surface area contributed by atoms with Crippen LogP contribution >= 0.6 is 0 Å². The van der Waals surface area contributed by atoms with Crippen molar-refractivity contribution < 1.29 is 9.53 Å². The minimum absolute atomic E-state index is 0.0548. The molecular weight excluding hydrogens is 262 g/mol. The highest BCUT2D eigenvalue weighted by atomic mass is 16.5. The average molecular weight is 287 g/mol. The fourth-order valence-corrected chi connectivity index (χ4v) is 3.88. The van der Waals surface area contributed by atoms with Crippen molar-refractivity contribution in [2.75, 3.05) is 19.7 Å². The zero-order valence-corrected chi connectivity index (χ0v) is 12.9. The predicted molar refractivity (Wildman–Crippen MR) is 82.7 cm³/mol. The van der Waals surface area contributed by atoms with E-state index in [0.717, 1.165) is 32.5 Å². The highest BCUT2D eigenvalue weighted by Crippen LogP contribution is 2.46. The molecule has 3 rings (SSSR count). The van der Waals surface area contributed by atoms with Gasteiger partial charge < -0.3 is 4.74 Å². The fraction of sp³-hybridized carbons (Fsp3) is 0.611. The minimum Gasteiger partial charge on any atom is -0.465 e. The molecule has 2 aliphatic heterocycles. The number of nitrogens with zero attached hydrogens (tertiary/aromatic N) is 1. The smallest absolute Gasteiger partial charge is 0.313 e. The number of hydrogen-bond acceptors (Lipinski definition) is 3. The van der Waals surface area contributed by atoms with E-state index in [-0.39, 0.29) is 11.4 Å². The summed E-state index contributed by atoms with van der Waals surface area (Å²) in [6.45, 7) is 5.64. The van der Waals surface area contributed by atoms with Gasteiger partial charge in [0.25, 0.3) is 0 Å². The van der Waals surface area contributed by atoms with Gasteiger partial charge in [0.2, 0.25) is 0 Å². The molecule has 0 N–H and O–H groups in total. The van der Waals surface area contributed by atoms with Crippen molar-refractivity contribution in [1.82, 2.24) is 4.90 Å². The Morgan fingerprint density at radius 2 is 2.10 bits per heavy atom. The SMILES string of the molecule is CCCCC[C@]12CN(Cc3ccccc3)C[C@H]1COC2=O. The zero-order valence-electron chi connectivity index (χ0n) is 12.9. The highest BCUT2D eigenvalue weighted by molar-refractivity contribution is 5.80. The number of carbonyl (C=O) groups is 1. The lowest BCUT2D eigenvalue weighted by atomic mass is 9.76. The first-order valence-corrected chi connectivity index (χ1v) is 8.18. The van der Waals surface area contributed by atoms with E-state index in [0.29, 0.717) is 12.5 Å². The van der Waals surface area contributed by atoms with Crippen LogP contribution in [0.4, 0.5) is 0 Å². The molecular formula is C18H25NO2. The van der Waals surface area contributed by atoms with E-state index in [2.05, 4.69) is 36.1 Å². The Balaban J connectivity index is 1.68. The maximum atomic E-state index is 12.3. The van der Waals surface area contributed by atoms with Gasteiger partial charge in [-0.3, -0.25) is 9.69 Å². The predicted octanol–water partition coefficient (Wildman–Crippen LogP) is 3.24. The van der Waals surface area contributed by atoms with Crippen LogP contribution in [0.2, 0.25) is 0 Å². The lowest BCUT2D eigenvalue weighted by molar-refractivity contribution is -0.147. The van der Waals surface area contributed by atoms with Crippen LogP contribution in [0.5, 0.6) is 0 Å². The molecule has 1 aromatic rings. The summed E-state index contributed by atoms with van der Waals surface area (Å²) >= 11 is 0. The summed E-state index contributed by atoms with van der Waals surface area (Å²) in [6.07, 6.45) is 4.54. The van der Waals surface area contributed by atoms with Crippen molar-refractivity contribution in [3.8, 4) is 0 Å². The minimum atomic E-state index is -0.218. The molecule has 3 heteroatoms. The van der Waals surface area contributed by atoms with Crippen LogP contribution in [0, 0.1) is 11.3 Å². The second-order valence-corrected chi connectivity index (χ2v) is 6.56. The van der Waals surface area contributed by atoms with Crippen LogP contribution < -0.4 is 0 Å². The van der Waals surface area contributed by atoms with E-state index in [9.17, 15) is 4.79 Å². The van der Waals surface area contributed by atoms with Crippen LogP contribution in [0.1, 0.15) is 38.2 Å². The van der Waals surface area contributed by atoms with Crippen molar-refractivity contribution in [2.24, 2.45) is 11.3 Å². The third-order valence-electron chi connectivity index (χ3n) is 5.06. The second-order valence-electron chi connectivity index (χ2n) is 6.56. The summed E-state index contributed by atoms with van der Waals surface area (Å²) in [5.74, 6) is 0.449. The third kappa shape index (κ3) is 2.84. The molecule has 0 unspecified atom stereocenters. The zero-order chi connectivity index (χ0) is 14.7. The molecule has 0 amide bonds.